The van der Waals surface area contributed by atoms with Gasteiger partial charge in [-0.05, 0) is 35.7 Å². The molecule has 1 aliphatic heterocycles. The predicted molar refractivity (Wildman–Crippen MR) is 127 cm³/mol. The van der Waals surface area contributed by atoms with Crippen molar-refractivity contribution < 1.29 is 27.5 Å². The number of carbonyl (C=O) groups excluding carboxylic acids is 2. The second-order valence-electron chi connectivity index (χ2n) is 7.68. The van der Waals surface area contributed by atoms with Gasteiger partial charge < -0.3 is 10.1 Å². The van der Waals surface area contributed by atoms with Crippen LogP contribution in [0, 0.1) is 0 Å². The van der Waals surface area contributed by atoms with Gasteiger partial charge in [0.2, 0.25) is 0 Å². The van der Waals surface area contributed by atoms with E-state index in [0.29, 0.717) is 13.0 Å². The smallest absolute Gasteiger partial charge is 0.416 e. The largest absolute Gasteiger partial charge is 0.465 e. The normalized spacial score (nSPS) is 13.5. The van der Waals surface area contributed by atoms with E-state index in [1.165, 1.54) is 36.1 Å². The van der Waals surface area contributed by atoms with Crippen LogP contribution in [0.25, 0.3) is 0 Å². The van der Waals surface area contributed by atoms with Gasteiger partial charge in [0.15, 0.2) is 0 Å². The molecule has 1 amide bonds. The number of esters is 1. The molecule has 1 aliphatic rings. The molecule has 0 atom stereocenters. The number of thiophene rings is 1. The number of carbonyl (C=O) groups is 2. The number of anilines is 1. The summed E-state index contributed by atoms with van der Waals surface area (Å²) in [4.78, 5) is 28.4. The molecule has 2 heterocycles. The van der Waals surface area contributed by atoms with Crippen LogP contribution in [0.4, 0.5) is 18.2 Å². The maximum Gasteiger partial charge on any atom is 0.416 e. The monoisotopic (exact) mass is 510 g/mol. The van der Waals surface area contributed by atoms with E-state index in [1.807, 2.05) is 30.3 Å². The Morgan fingerprint density at radius 1 is 1.12 bits per heavy atom. The maximum absolute atomic E-state index is 13.0. The van der Waals surface area contributed by atoms with Crippen molar-refractivity contribution >= 4 is 40.6 Å². The van der Waals surface area contributed by atoms with E-state index in [4.69, 9.17) is 4.74 Å². The van der Waals surface area contributed by atoms with Crippen molar-refractivity contribution in [3.05, 3.63) is 87.3 Å². The molecule has 0 spiro atoms. The van der Waals surface area contributed by atoms with E-state index in [-0.39, 0.29) is 28.5 Å². The van der Waals surface area contributed by atoms with Crippen molar-refractivity contribution in [2.24, 2.45) is 0 Å². The summed E-state index contributed by atoms with van der Waals surface area (Å²) in [7, 11) is 1.26. The fraction of sp³-hybridized carbons (Fsp3) is 0.250. The zero-order chi connectivity index (χ0) is 23.6. The molecule has 5 nitrogen and oxygen atoms in total. The van der Waals surface area contributed by atoms with Crippen LogP contribution < -0.4 is 5.32 Å². The van der Waals surface area contributed by atoms with Gasteiger partial charge in [0.05, 0.1) is 18.2 Å². The quantitative estimate of drug-likeness (QED) is 0.442. The molecule has 0 bridgehead atoms. The SMILES string of the molecule is COC(=O)c1c(NC(=O)c2cccc(C(F)(F)F)c2)sc2c1CCN(Cc1ccccc1)C2.Cl. The van der Waals surface area contributed by atoms with Crippen molar-refractivity contribution in [2.75, 3.05) is 19.0 Å². The third-order valence-electron chi connectivity index (χ3n) is 5.45. The summed E-state index contributed by atoms with van der Waals surface area (Å²) in [5, 5.41) is 2.92. The van der Waals surface area contributed by atoms with Gasteiger partial charge in [-0.2, -0.15) is 13.2 Å². The Balaban J connectivity index is 0.00000324. The molecule has 0 unspecified atom stereocenters. The molecule has 0 radical (unpaired) electrons. The minimum atomic E-state index is -4.56. The highest BCUT2D eigenvalue weighted by Crippen LogP contribution is 2.38. The third kappa shape index (κ3) is 5.60. The zero-order valence-electron chi connectivity index (χ0n) is 18.1. The molecule has 180 valence electrons. The van der Waals surface area contributed by atoms with Gasteiger partial charge in [-0.15, -0.1) is 23.7 Å². The first-order chi connectivity index (χ1) is 15.8. The predicted octanol–water partition coefficient (Wildman–Crippen LogP) is 5.79. The highest BCUT2D eigenvalue weighted by atomic mass is 35.5. The van der Waals surface area contributed by atoms with E-state index in [9.17, 15) is 22.8 Å². The lowest BCUT2D eigenvalue weighted by Gasteiger charge is -2.27. The average Bonchev–Trinajstić information content (AvgIpc) is 3.15. The van der Waals surface area contributed by atoms with Crippen molar-refractivity contribution in [3.8, 4) is 0 Å². The topological polar surface area (TPSA) is 58.6 Å². The summed E-state index contributed by atoms with van der Waals surface area (Å²) in [5.74, 6) is -1.30. The highest BCUT2D eigenvalue weighted by Gasteiger charge is 2.32. The molecule has 2 aromatic carbocycles. The Morgan fingerprint density at radius 2 is 1.85 bits per heavy atom. The molecule has 3 aromatic rings. The number of rotatable bonds is 5. The zero-order valence-corrected chi connectivity index (χ0v) is 19.8. The minimum absolute atomic E-state index is 0. The number of nitrogens with one attached hydrogen (secondary N) is 1. The van der Waals surface area contributed by atoms with Gasteiger partial charge in [-0.3, -0.25) is 9.69 Å². The van der Waals surface area contributed by atoms with Crippen LogP contribution in [0.3, 0.4) is 0 Å². The fourth-order valence-electron chi connectivity index (χ4n) is 3.85. The first-order valence-electron chi connectivity index (χ1n) is 10.2. The van der Waals surface area contributed by atoms with Crippen molar-refractivity contribution in [3.63, 3.8) is 0 Å². The first kappa shape index (κ1) is 25.7. The molecule has 1 aromatic heterocycles. The number of methoxy groups -OCH3 is 1. The minimum Gasteiger partial charge on any atom is -0.465 e. The Kier molecular flexibility index (Phi) is 8.01. The number of nitrogens with zero attached hydrogens (tertiary/aromatic N) is 1. The van der Waals surface area contributed by atoms with Gasteiger partial charge in [0.1, 0.15) is 5.00 Å². The fourth-order valence-corrected chi connectivity index (χ4v) is 5.12. The van der Waals surface area contributed by atoms with E-state index < -0.39 is 23.6 Å². The molecule has 0 saturated heterocycles. The Hall–Kier alpha value is -2.88. The van der Waals surface area contributed by atoms with Crippen molar-refractivity contribution in [1.29, 1.82) is 0 Å². The van der Waals surface area contributed by atoms with Crippen molar-refractivity contribution in [1.82, 2.24) is 4.90 Å². The Bertz CT molecular complexity index is 1180. The van der Waals surface area contributed by atoms with Crippen LogP contribution in [0.15, 0.2) is 54.6 Å². The number of hydrogen-bond acceptors (Lipinski definition) is 5. The number of halogens is 4. The second-order valence-corrected chi connectivity index (χ2v) is 8.78. The molecule has 10 heteroatoms. The molecule has 34 heavy (non-hydrogen) atoms. The Labute approximate surface area is 204 Å². The lowest BCUT2D eigenvalue weighted by molar-refractivity contribution is -0.137. The Morgan fingerprint density at radius 3 is 2.53 bits per heavy atom. The lowest BCUT2D eigenvalue weighted by Crippen LogP contribution is -2.29. The summed E-state index contributed by atoms with van der Waals surface area (Å²) in [6, 6.07) is 14.2. The van der Waals surface area contributed by atoms with Crippen LogP contribution in [-0.4, -0.2) is 30.4 Å². The summed E-state index contributed by atoms with van der Waals surface area (Å²) in [6.45, 7) is 2.07. The number of alkyl halides is 3. The molecular formula is C24H22ClF3N2O3S. The van der Waals surface area contributed by atoms with Crippen LogP contribution in [-0.2, 0) is 30.4 Å². The maximum atomic E-state index is 13.0. The van der Waals surface area contributed by atoms with E-state index in [2.05, 4.69) is 10.2 Å². The summed E-state index contributed by atoms with van der Waals surface area (Å²) < 4.78 is 44.0. The van der Waals surface area contributed by atoms with Gasteiger partial charge in [0, 0.05) is 30.1 Å². The van der Waals surface area contributed by atoms with Crippen LogP contribution in [0.1, 0.15) is 42.3 Å². The lowest BCUT2D eigenvalue weighted by atomic mass is 10.0. The van der Waals surface area contributed by atoms with Gasteiger partial charge in [-0.25, -0.2) is 4.79 Å². The highest BCUT2D eigenvalue weighted by molar-refractivity contribution is 7.17. The standard InChI is InChI=1S/C24H21F3N2O3S.ClH/c1-32-23(31)20-18-10-11-29(13-15-6-3-2-4-7-15)14-19(18)33-22(20)28-21(30)16-8-5-9-17(12-16)24(25,26)27;/h2-9,12H,10-11,13-14H2,1H3,(H,28,30);1H. The average molecular weight is 511 g/mol. The number of fused-ring (bicyclic) bond motifs is 1. The van der Waals surface area contributed by atoms with E-state index in [1.54, 1.807) is 0 Å². The molecular weight excluding hydrogens is 489 g/mol. The van der Waals surface area contributed by atoms with Crippen LogP contribution in [0.2, 0.25) is 0 Å². The second kappa shape index (κ2) is 10.6. The first-order valence-corrected chi connectivity index (χ1v) is 11.1. The number of amides is 1. The number of ether oxygens (including phenoxy) is 1. The van der Waals surface area contributed by atoms with E-state index in [0.717, 1.165) is 35.7 Å². The van der Waals surface area contributed by atoms with Crippen LogP contribution in [0.5, 0.6) is 0 Å². The summed E-state index contributed by atoms with van der Waals surface area (Å²) in [6.07, 6.45) is -3.96. The third-order valence-corrected chi connectivity index (χ3v) is 6.59. The summed E-state index contributed by atoms with van der Waals surface area (Å²) in [5.41, 5.74) is 1.21. The molecule has 4 rings (SSSR count). The summed E-state index contributed by atoms with van der Waals surface area (Å²) >= 11 is 1.26. The molecule has 0 fully saturated rings. The van der Waals surface area contributed by atoms with E-state index >= 15 is 0 Å². The van der Waals surface area contributed by atoms with Gasteiger partial charge in [-0.1, -0.05) is 36.4 Å². The van der Waals surface area contributed by atoms with Gasteiger partial charge in [0.25, 0.3) is 5.91 Å². The molecule has 0 saturated carbocycles. The number of hydrogen-bond donors (Lipinski definition) is 1. The van der Waals surface area contributed by atoms with Crippen molar-refractivity contribution in [2.45, 2.75) is 25.7 Å². The van der Waals surface area contributed by atoms with Crippen LogP contribution >= 0.6 is 23.7 Å². The van der Waals surface area contributed by atoms with Gasteiger partial charge >= 0.3 is 12.1 Å². The molecule has 1 N–H and O–H groups in total. The molecule has 0 aliphatic carbocycles. The number of benzene rings is 2.